The molecular formula is C12H14FN3O3. The number of nitro benzene ring substituents is 1. The summed E-state index contributed by atoms with van der Waals surface area (Å²) in [6.07, 6.45) is 0. The molecule has 0 aromatic heterocycles. The molecule has 2 N–H and O–H groups in total. The third-order valence-electron chi connectivity index (χ3n) is 3.34. The molecule has 1 aliphatic rings. The van der Waals surface area contributed by atoms with Crippen LogP contribution in [-0.2, 0) is 0 Å². The van der Waals surface area contributed by atoms with Gasteiger partial charge in [0.15, 0.2) is 0 Å². The van der Waals surface area contributed by atoms with Gasteiger partial charge in [-0.05, 0) is 18.1 Å². The van der Waals surface area contributed by atoms with Gasteiger partial charge >= 0.3 is 0 Å². The number of likely N-dealkylation sites (tertiary alicyclic amines) is 1. The molecule has 2 unspecified atom stereocenters. The number of nitro groups is 1. The Hall–Kier alpha value is -2.02. The van der Waals surface area contributed by atoms with Crippen LogP contribution in [0.3, 0.4) is 0 Å². The van der Waals surface area contributed by atoms with Crippen molar-refractivity contribution in [2.75, 3.05) is 13.1 Å². The largest absolute Gasteiger partial charge is 0.337 e. The van der Waals surface area contributed by atoms with Crippen LogP contribution in [0.15, 0.2) is 18.2 Å². The van der Waals surface area contributed by atoms with Crippen LogP contribution >= 0.6 is 0 Å². The van der Waals surface area contributed by atoms with E-state index in [0.29, 0.717) is 13.1 Å². The number of rotatable bonds is 2. The van der Waals surface area contributed by atoms with E-state index >= 15 is 0 Å². The van der Waals surface area contributed by atoms with E-state index in [-0.39, 0.29) is 17.5 Å². The zero-order valence-corrected chi connectivity index (χ0v) is 10.4. The van der Waals surface area contributed by atoms with Gasteiger partial charge in [-0.3, -0.25) is 14.9 Å². The van der Waals surface area contributed by atoms with E-state index in [4.69, 9.17) is 5.73 Å². The first-order valence-corrected chi connectivity index (χ1v) is 5.89. The van der Waals surface area contributed by atoms with Crippen molar-refractivity contribution in [1.82, 2.24) is 4.90 Å². The number of carbonyl (C=O) groups is 1. The molecule has 7 heteroatoms. The van der Waals surface area contributed by atoms with Crippen molar-refractivity contribution in [3.8, 4) is 0 Å². The fraction of sp³-hybridized carbons (Fsp3) is 0.417. The Morgan fingerprint density at radius 2 is 2.21 bits per heavy atom. The van der Waals surface area contributed by atoms with Gasteiger partial charge in [-0.15, -0.1) is 0 Å². The molecule has 2 atom stereocenters. The first kappa shape index (κ1) is 13.4. The first-order valence-electron chi connectivity index (χ1n) is 5.89. The Kier molecular flexibility index (Phi) is 3.48. The fourth-order valence-electron chi connectivity index (χ4n) is 2.16. The second-order valence-electron chi connectivity index (χ2n) is 4.77. The van der Waals surface area contributed by atoms with Gasteiger partial charge in [0.05, 0.1) is 11.0 Å². The van der Waals surface area contributed by atoms with E-state index in [9.17, 15) is 19.3 Å². The molecule has 1 amide bonds. The van der Waals surface area contributed by atoms with Crippen LogP contribution in [0.25, 0.3) is 0 Å². The molecule has 1 fully saturated rings. The molecule has 0 bridgehead atoms. The highest BCUT2D eigenvalue weighted by Crippen LogP contribution is 2.24. The van der Waals surface area contributed by atoms with Crippen LogP contribution in [0.1, 0.15) is 17.3 Å². The number of hydrogen-bond donors (Lipinski definition) is 1. The standard InChI is InChI=1S/C12H14FN3O3/c1-7-5-15(6-10(7)14)12(17)9-3-2-8(13)4-11(9)16(18)19/h2-4,7,10H,5-6,14H2,1H3. The lowest BCUT2D eigenvalue weighted by Gasteiger charge is -2.15. The summed E-state index contributed by atoms with van der Waals surface area (Å²) in [6.45, 7) is 2.72. The van der Waals surface area contributed by atoms with Gasteiger partial charge in [0.25, 0.3) is 11.6 Å². The summed E-state index contributed by atoms with van der Waals surface area (Å²) in [5.41, 5.74) is 5.20. The molecule has 0 aliphatic carbocycles. The SMILES string of the molecule is CC1CN(C(=O)c2ccc(F)cc2[N+](=O)[O-])CC1N. The molecule has 0 spiro atoms. The fourth-order valence-corrected chi connectivity index (χ4v) is 2.16. The van der Waals surface area contributed by atoms with Gasteiger partial charge in [0, 0.05) is 19.1 Å². The zero-order valence-electron chi connectivity index (χ0n) is 10.4. The van der Waals surface area contributed by atoms with Crippen LogP contribution in [0, 0.1) is 21.8 Å². The molecule has 6 nitrogen and oxygen atoms in total. The summed E-state index contributed by atoms with van der Waals surface area (Å²) in [5.74, 6) is -1.08. The Bertz CT molecular complexity index is 525. The Labute approximate surface area is 109 Å². The molecular weight excluding hydrogens is 253 g/mol. The lowest BCUT2D eigenvalue weighted by Crippen LogP contribution is -2.32. The average molecular weight is 267 g/mol. The second kappa shape index (κ2) is 4.93. The molecule has 2 rings (SSSR count). The third-order valence-corrected chi connectivity index (χ3v) is 3.34. The molecule has 1 saturated heterocycles. The smallest absolute Gasteiger partial charge is 0.285 e. The van der Waals surface area contributed by atoms with E-state index in [1.165, 1.54) is 4.90 Å². The van der Waals surface area contributed by atoms with Gasteiger partial charge < -0.3 is 10.6 Å². The minimum absolute atomic E-state index is 0.104. The van der Waals surface area contributed by atoms with Crippen LogP contribution in [-0.4, -0.2) is 34.9 Å². The van der Waals surface area contributed by atoms with Crippen molar-refractivity contribution < 1.29 is 14.1 Å². The minimum atomic E-state index is -0.754. The normalized spacial score (nSPS) is 22.6. The average Bonchev–Trinajstić information content (AvgIpc) is 2.68. The summed E-state index contributed by atoms with van der Waals surface area (Å²) in [5, 5.41) is 10.9. The number of benzene rings is 1. The maximum absolute atomic E-state index is 13.0. The van der Waals surface area contributed by atoms with Crippen LogP contribution < -0.4 is 5.73 Å². The Morgan fingerprint density at radius 1 is 1.53 bits per heavy atom. The van der Waals surface area contributed by atoms with Crippen molar-refractivity contribution >= 4 is 11.6 Å². The summed E-state index contributed by atoms with van der Waals surface area (Å²) in [7, 11) is 0. The predicted octanol–water partition coefficient (Wildman–Crippen LogP) is 1.15. The quantitative estimate of drug-likeness (QED) is 0.643. The van der Waals surface area contributed by atoms with E-state index in [1.54, 1.807) is 0 Å². The molecule has 1 aromatic rings. The Balaban J connectivity index is 2.32. The van der Waals surface area contributed by atoms with Gasteiger partial charge in [-0.25, -0.2) is 4.39 Å². The highest BCUT2D eigenvalue weighted by Gasteiger charge is 2.33. The van der Waals surface area contributed by atoms with Gasteiger partial charge in [0.1, 0.15) is 11.4 Å². The number of carbonyl (C=O) groups excluding carboxylic acids is 1. The molecule has 19 heavy (non-hydrogen) atoms. The van der Waals surface area contributed by atoms with Gasteiger partial charge in [-0.1, -0.05) is 6.92 Å². The van der Waals surface area contributed by atoms with Gasteiger partial charge in [0.2, 0.25) is 0 Å². The Morgan fingerprint density at radius 3 is 2.74 bits per heavy atom. The molecule has 1 heterocycles. The van der Waals surface area contributed by atoms with E-state index in [2.05, 4.69) is 0 Å². The maximum Gasteiger partial charge on any atom is 0.285 e. The number of nitrogens with two attached hydrogens (primary N) is 1. The van der Waals surface area contributed by atoms with Crippen molar-refractivity contribution in [3.63, 3.8) is 0 Å². The molecule has 0 radical (unpaired) electrons. The minimum Gasteiger partial charge on any atom is -0.337 e. The lowest BCUT2D eigenvalue weighted by molar-refractivity contribution is -0.385. The van der Waals surface area contributed by atoms with Crippen LogP contribution in [0.5, 0.6) is 0 Å². The highest BCUT2D eigenvalue weighted by atomic mass is 19.1. The summed E-state index contributed by atoms with van der Waals surface area (Å²) in [4.78, 5) is 23.8. The lowest BCUT2D eigenvalue weighted by atomic mass is 10.1. The first-order chi connectivity index (χ1) is 8.90. The summed E-state index contributed by atoms with van der Waals surface area (Å²) >= 11 is 0. The summed E-state index contributed by atoms with van der Waals surface area (Å²) in [6, 6.07) is 2.81. The highest BCUT2D eigenvalue weighted by molar-refractivity contribution is 5.98. The number of amides is 1. The van der Waals surface area contributed by atoms with E-state index < -0.39 is 22.3 Å². The molecule has 0 saturated carbocycles. The number of halogens is 1. The van der Waals surface area contributed by atoms with Crippen molar-refractivity contribution in [2.24, 2.45) is 11.7 Å². The number of nitrogens with zero attached hydrogens (tertiary/aromatic N) is 2. The number of hydrogen-bond acceptors (Lipinski definition) is 4. The van der Waals surface area contributed by atoms with Crippen molar-refractivity contribution in [3.05, 3.63) is 39.7 Å². The van der Waals surface area contributed by atoms with Gasteiger partial charge in [-0.2, -0.15) is 0 Å². The molecule has 1 aliphatic heterocycles. The predicted molar refractivity (Wildman–Crippen MR) is 66.1 cm³/mol. The van der Waals surface area contributed by atoms with E-state index in [1.807, 2.05) is 6.92 Å². The van der Waals surface area contributed by atoms with Crippen LogP contribution in [0.2, 0.25) is 0 Å². The van der Waals surface area contributed by atoms with Crippen molar-refractivity contribution in [2.45, 2.75) is 13.0 Å². The molecule has 102 valence electrons. The second-order valence-corrected chi connectivity index (χ2v) is 4.77. The maximum atomic E-state index is 13.0. The zero-order chi connectivity index (χ0) is 14.2. The van der Waals surface area contributed by atoms with Crippen molar-refractivity contribution in [1.29, 1.82) is 0 Å². The molecule has 1 aromatic carbocycles. The third kappa shape index (κ3) is 2.55. The van der Waals surface area contributed by atoms with Crippen LogP contribution in [0.4, 0.5) is 10.1 Å². The van der Waals surface area contributed by atoms with E-state index in [0.717, 1.165) is 18.2 Å². The topological polar surface area (TPSA) is 89.5 Å². The monoisotopic (exact) mass is 267 g/mol. The summed E-state index contributed by atoms with van der Waals surface area (Å²) < 4.78 is 13.0.